The van der Waals surface area contributed by atoms with E-state index in [0.717, 1.165) is 0 Å². The first kappa shape index (κ1) is 24.9. The number of para-hydroxylation sites is 3. The van der Waals surface area contributed by atoms with Crippen molar-refractivity contribution < 1.29 is 23.8 Å². The molecule has 3 aromatic rings. The quantitative estimate of drug-likeness (QED) is 0.335. The minimum Gasteiger partial charge on any atom is -0.496 e. The fourth-order valence-corrected chi connectivity index (χ4v) is 3.31. The summed E-state index contributed by atoms with van der Waals surface area (Å²) in [7, 11) is 1.52. The first-order valence-electron chi connectivity index (χ1n) is 10.8. The molecule has 0 unspecified atom stereocenters. The zero-order valence-electron chi connectivity index (χ0n) is 19.4. The number of carbonyl (C=O) groups is 2. The number of hydrogen-bond donors (Lipinski definition) is 2. The van der Waals surface area contributed by atoms with Gasteiger partial charge in [-0.25, -0.2) is 0 Å². The second kappa shape index (κ2) is 11.9. The van der Waals surface area contributed by atoms with Gasteiger partial charge in [-0.05, 0) is 55.0 Å². The van der Waals surface area contributed by atoms with Crippen molar-refractivity contribution in [1.29, 1.82) is 5.26 Å². The van der Waals surface area contributed by atoms with Crippen LogP contribution in [0.5, 0.6) is 17.2 Å². The van der Waals surface area contributed by atoms with Gasteiger partial charge in [-0.2, -0.15) is 5.26 Å². The molecular weight excluding hydrogens is 446 g/mol. The summed E-state index contributed by atoms with van der Waals surface area (Å²) in [5.41, 5.74) is 7.31. The van der Waals surface area contributed by atoms with Crippen molar-refractivity contribution in [3.8, 4) is 23.3 Å². The number of nitrogens with two attached hydrogens (primary N) is 1. The van der Waals surface area contributed by atoms with Crippen LogP contribution in [-0.2, 0) is 11.4 Å². The number of benzene rings is 3. The van der Waals surface area contributed by atoms with Crippen molar-refractivity contribution in [2.75, 3.05) is 19.0 Å². The molecule has 2 amide bonds. The molecule has 3 N–H and O–H groups in total. The fourth-order valence-electron chi connectivity index (χ4n) is 3.31. The molecule has 0 saturated heterocycles. The van der Waals surface area contributed by atoms with Crippen molar-refractivity contribution in [3.05, 3.63) is 89.0 Å². The molecule has 0 aromatic heterocycles. The van der Waals surface area contributed by atoms with E-state index in [0.29, 0.717) is 40.7 Å². The number of methoxy groups -OCH3 is 1. The van der Waals surface area contributed by atoms with Crippen LogP contribution >= 0.6 is 0 Å². The summed E-state index contributed by atoms with van der Waals surface area (Å²) < 4.78 is 16.7. The van der Waals surface area contributed by atoms with Crippen LogP contribution in [-0.4, -0.2) is 25.5 Å². The number of rotatable bonds is 10. The number of ether oxygens (including phenoxy) is 3. The van der Waals surface area contributed by atoms with Gasteiger partial charge in [0.05, 0.1) is 25.0 Å². The molecule has 8 heteroatoms. The van der Waals surface area contributed by atoms with Crippen LogP contribution in [0.25, 0.3) is 6.08 Å². The average molecular weight is 472 g/mol. The highest BCUT2D eigenvalue weighted by Crippen LogP contribution is 2.26. The molecule has 3 rings (SSSR count). The van der Waals surface area contributed by atoms with E-state index in [1.54, 1.807) is 66.7 Å². The third kappa shape index (κ3) is 6.39. The fraction of sp³-hybridized carbons (Fsp3) is 0.148. The first-order chi connectivity index (χ1) is 17.0. The molecule has 0 radical (unpaired) electrons. The van der Waals surface area contributed by atoms with Crippen molar-refractivity contribution in [1.82, 2.24) is 0 Å². The number of amides is 2. The van der Waals surface area contributed by atoms with Crippen molar-refractivity contribution in [3.63, 3.8) is 0 Å². The predicted octanol–water partition coefficient (Wildman–Crippen LogP) is 4.32. The number of carbonyl (C=O) groups excluding carboxylic acids is 2. The molecule has 0 bridgehead atoms. The largest absolute Gasteiger partial charge is 0.496 e. The van der Waals surface area contributed by atoms with Crippen molar-refractivity contribution in [2.24, 2.45) is 5.73 Å². The molecule has 0 saturated carbocycles. The standard InChI is InChI=1S/C27H25N3O5/c1-3-34-25-11-7-5-9-22(25)30-27(32)19(16-28)14-18-12-13-23(33-2)20(15-18)17-35-24-10-6-4-8-21(24)26(29)31/h4-15H,3,17H2,1-2H3,(H2,29,31)(H,30,32)/b19-14+. The molecule has 0 spiro atoms. The normalized spacial score (nSPS) is 10.7. The maximum absolute atomic E-state index is 12.8. The number of primary amides is 1. The van der Waals surface area contributed by atoms with Gasteiger partial charge in [-0.1, -0.05) is 30.3 Å². The average Bonchev–Trinajstić information content (AvgIpc) is 2.87. The lowest BCUT2D eigenvalue weighted by atomic mass is 10.1. The summed E-state index contributed by atoms with van der Waals surface area (Å²) in [5, 5.41) is 12.3. The van der Waals surface area contributed by atoms with Crippen LogP contribution in [0.1, 0.15) is 28.4 Å². The van der Waals surface area contributed by atoms with E-state index >= 15 is 0 Å². The zero-order chi connectivity index (χ0) is 25.2. The van der Waals surface area contributed by atoms with Crippen LogP contribution in [0.2, 0.25) is 0 Å². The Balaban J connectivity index is 1.83. The second-order valence-electron chi connectivity index (χ2n) is 7.27. The molecule has 8 nitrogen and oxygen atoms in total. The van der Waals surface area contributed by atoms with Gasteiger partial charge in [0.2, 0.25) is 0 Å². The summed E-state index contributed by atoms with van der Waals surface area (Å²) in [6.07, 6.45) is 1.47. The van der Waals surface area contributed by atoms with Gasteiger partial charge >= 0.3 is 0 Å². The third-order valence-electron chi connectivity index (χ3n) is 4.95. The van der Waals surface area contributed by atoms with Gasteiger partial charge in [-0.15, -0.1) is 0 Å². The van der Waals surface area contributed by atoms with Gasteiger partial charge in [-0.3, -0.25) is 9.59 Å². The van der Waals surface area contributed by atoms with Crippen LogP contribution in [0.15, 0.2) is 72.3 Å². The summed E-state index contributed by atoms with van der Waals surface area (Å²) in [6, 6.07) is 20.8. The highest BCUT2D eigenvalue weighted by atomic mass is 16.5. The van der Waals surface area contributed by atoms with Crippen LogP contribution in [0, 0.1) is 11.3 Å². The lowest BCUT2D eigenvalue weighted by Crippen LogP contribution is -2.14. The molecule has 0 aliphatic rings. The molecule has 0 aliphatic carbocycles. The summed E-state index contributed by atoms with van der Waals surface area (Å²) >= 11 is 0. The highest BCUT2D eigenvalue weighted by Gasteiger charge is 2.14. The van der Waals surface area contributed by atoms with Gasteiger partial charge < -0.3 is 25.3 Å². The van der Waals surface area contributed by atoms with Gasteiger partial charge in [0.1, 0.15) is 35.5 Å². The molecule has 3 aromatic carbocycles. The SMILES string of the molecule is CCOc1ccccc1NC(=O)/C(C#N)=C/c1ccc(OC)c(COc2ccccc2C(N)=O)c1. The van der Waals surface area contributed by atoms with E-state index in [1.165, 1.54) is 13.2 Å². The molecule has 0 atom stereocenters. The lowest BCUT2D eigenvalue weighted by Gasteiger charge is -2.13. The van der Waals surface area contributed by atoms with Crippen LogP contribution in [0.4, 0.5) is 5.69 Å². The first-order valence-corrected chi connectivity index (χ1v) is 10.8. The monoisotopic (exact) mass is 471 g/mol. The van der Waals surface area contributed by atoms with E-state index in [9.17, 15) is 14.9 Å². The van der Waals surface area contributed by atoms with E-state index in [4.69, 9.17) is 19.9 Å². The molecule has 0 fully saturated rings. The maximum atomic E-state index is 12.8. The van der Waals surface area contributed by atoms with E-state index in [1.807, 2.05) is 13.0 Å². The van der Waals surface area contributed by atoms with E-state index in [2.05, 4.69) is 5.32 Å². The smallest absolute Gasteiger partial charge is 0.266 e. The van der Waals surface area contributed by atoms with Crippen molar-refractivity contribution >= 4 is 23.6 Å². The van der Waals surface area contributed by atoms with Crippen LogP contribution < -0.4 is 25.3 Å². The Morgan fingerprint density at radius 2 is 1.71 bits per heavy atom. The minimum atomic E-state index is -0.597. The van der Waals surface area contributed by atoms with Crippen molar-refractivity contribution in [2.45, 2.75) is 13.5 Å². The Morgan fingerprint density at radius 1 is 1.00 bits per heavy atom. The molecule has 0 aliphatic heterocycles. The second-order valence-corrected chi connectivity index (χ2v) is 7.27. The Hall–Kier alpha value is -4.77. The summed E-state index contributed by atoms with van der Waals surface area (Å²) in [4.78, 5) is 24.4. The lowest BCUT2D eigenvalue weighted by molar-refractivity contribution is -0.112. The number of anilines is 1. The number of nitriles is 1. The summed E-state index contributed by atoms with van der Waals surface area (Å²) in [6.45, 7) is 2.36. The molecule has 178 valence electrons. The van der Waals surface area contributed by atoms with Gasteiger partial charge in [0.25, 0.3) is 11.8 Å². The molecular formula is C27H25N3O5. The van der Waals surface area contributed by atoms with E-state index in [-0.39, 0.29) is 17.7 Å². The van der Waals surface area contributed by atoms with Crippen LogP contribution in [0.3, 0.4) is 0 Å². The van der Waals surface area contributed by atoms with Gasteiger partial charge in [0.15, 0.2) is 0 Å². The Kier molecular flexibility index (Phi) is 8.46. The predicted molar refractivity (Wildman–Crippen MR) is 132 cm³/mol. The Bertz CT molecular complexity index is 1290. The summed E-state index contributed by atoms with van der Waals surface area (Å²) in [5.74, 6) is 0.240. The maximum Gasteiger partial charge on any atom is 0.266 e. The Morgan fingerprint density at radius 3 is 2.40 bits per heavy atom. The Labute approximate surface area is 203 Å². The molecule has 35 heavy (non-hydrogen) atoms. The topological polar surface area (TPSA) is 124 Å². The number of hydrogen-bond acceptors (Lipinski definition) is 6. The van der Waals surface area contributed by atoms with Gasteiger partial charge in [0, 0.05) is 5.56 Å². The zero-order valence-corrected chi connectivity index (χ0v) is 19.4. The van der Waals surface area contributed by atoms with E-state index < -0.39 is 11.8 Å². The molecule has 0 heterocycles. The highest BCUT2D eigenvalue weighted by molar-refractivity contribution is 6.10. The third-order valence-corrected chi connectivity index (χ3v) is 4.95. The number of nitrogens with one attached hydrogen (secondary N) is 1. The minimum absolute atomic E-state index is 0.0744. The number of nitrogens with zero attached hydrogens (tertiary/aromatic N) is 1.